The topological polar surface area (TPSA) is 73.0 Å². The molecule has 1 fully saturated rings. The van der Waals surface area contributed by atoms with Crippen molar-refractivity contribution in [3.05, 3.63) is 41.8 Å². The quantitative estimate of drug-likeness (QED) is 0.702. The third-order valence-corrected chi connectivity index (χ3v) is 7.76. The van der Waals surface area contributed by atoms with Crippen molar-refractivity contribution in [1.29, 1.82) is 0 Å². The highest BCUT2D eigenvalue weighted by atomic mass is 79.9. The lowest BCUT2D eigenvalue weighted by Gasteiger charge is -2.36. The van der Waals surface area contributed by atoms with Gasteiger partial charge in [-0.1, -0.05) is 18.2 Å². The molecule has 0 radical (unpaired) electrons. The number of piperazine rings is 1. The predicted octanol–water partition coefficient (Wildman–Crippen LogP) is 3.07. The van der Waals surface area contributed by atoms with Crippen LogP contribution in [0.4, 0.5) is 15.5 Å². The third kappa shape index (κ3) is 4.19. The number of hydrogen-bond acceptors (Lipinski definition) is 6. The van der Waals surface area contributed by atoms with Crippen molar-refractivity contribution in [2.45, 2.75) is 11.3 Å². The van der Waals surface area contributed by atoms with E-state index in [0.717, 1.165) is 37.0 Å². The maximum Gasteiger partial charge on any atom is 0.336 e. The Kier molecular flexibility index (Phi) is 6.64. The van der Waals surface area contributed by atoms with Gasteiger partial charge in [-0.05, 0) is 30.0 Å². The molecule has 2 aromatic rings. The summed E-state index contributed by atoms with van der Waals surface area (Å²) in [5, 5.41) is 4.75. The number of sulfonamides is 1. The minimum absolute atomic E-state index is 0. The van der Waals surface area contributed by atoms with Gasteiger partial charge in [0.25, 0.3) is 10.0 Å². The molecule has 0 aliphatic carbocycles. The van der Waals surface area contributed by atoms with Crippen molar-refractivity contribution in [2.75, 3.05) is 49.5 Å². The second-order valence-corrected chi connectivity index (χ2v) is 9.39. The van der Waals surface area contributed by atoms with Crippen LogP contribution in [-0.4, -0.2) is 62.9 Å². The summed E-state index contributed by atoms with van der Waals surface area (Å²) in [5.74, 6) is 0. The standard InChI is InChI=1S/C18H22N4O3S2.BrH/c23-18-19-17-16(7-14-26-17)27(24,25)22(18)9-4-8-20-10-12-21(13-11-20)15-5-2-1-3-6-15;/h1-3,5-7,14H,4,8-13H2,(H,19,23);1H. The molecule has 152 valence electrons. The van der Waals surface area contributed by atoms with Gasteiger partial charge in [0, 0.05) is 45.0 Å². The first-order valence-electron chi connectivity index (χ1n) is 8.99. The Balaban J connectivity index is 0.00000225. The van der Waals surface area contributed by atoms with Crippen LogP contribution in [0.5, 0.6) is 0 Å². The van der Waals surface area contributed by atoms with E-state index >= 15 is 0 Å². The number of benzene rings is 1. The molecular weight excluding hydrogens is 464 g/mol. The first-order chi connectivity index (χ1) is 13.1. The molecule has 7 nitrogen and oxygen atoms in total. The highest BCUT2D eigenvalue weighted by Gasteiger charge is 2.37. The van der Waals surface area contributed by atoms with Gasteiger partial charge >= 0.3 is 6.03 Å². The number of hydrogen-bond donors (Lipinski definition) is 1. The van der Waals surface area contributed by atoms with Crippen molar-refractivity contribution < 1.29 is 13.2 Å². The van der Waals surface area contributed by atoms with Gasteiger partial charge in [-0.25, -0.2) is 17.5 Å². The molecule has 1 N–H and O–H groups in total. The first-order valence-corrected chi connectivity index (χ1v) is 11.3. The average Bonchev–Trinajstić information content (AvgIpc) is 3.15. The van der Waals surface area contributed by atoms with Crippen LogP contribution in [-0.2, 0) is 10.0 Å². The van der Waals surface area contributed by atoms with Crippen molar-refractivity contribution in [3.63, 3.8) is 0 Å². The molecular formula is C18H23BrN4O3S2. The van der Waals surface area contributed by atoms with Crippen LogP contribution in [0.25, 0.3) is 0 Å². The monoisotopic (exact) mass is 486 g/mol. The molecule has 0 saturated carbocycles. The van der Waals surface area contributed by atoms with Crippen LogP contribution >= 0.6 is 28.3 Å². The van der Waals surface area contributed by atoms with Crippen LogP contribution in [0.2, 0.25) is 0 Å². The SMILES string of the molecule is Br.O=C1Nc2sccc2S(=O)(=O)N1CCCN1CCN(c2ccccc2)CC1. The van der Waals surface area contributed by atoms with E-state index in [1.807, 2.05) is 18.2 Å². The van der Waals surface area contributed by atoms with Gasteiger partial charge in [0.15, 0.2) is 0 Å². The third-order valence-electron chi connectivity index (χ3n) is 4.97. The van der Waals surface area contributed by atoms with Crippen molar-refractivity contribution >= 4 is 55.1 Å². The number of thiophene rings is 1. The highest BCUT2D eigenvalue weighted by molar-refractivity contribution is 8.93. The Morgan fingerprint density at radius 2 is 1.71 bits per heavy atom. The van der Waals surface area contributed by atoms with Crippen LogP contribution in [0, 0.1) is 0 Å². The fraction of sp³-hybridized carbons (Fsp3) is 0.389. The van der Waals surface area contributed by atoms with Crippen molar-refractivity contribution in [1.82, 2.24) is 9.21 Å². The van der Waals surface area contributed by atoms with E-state index in [2.05, 4.69) is 27.2 Å². The average molecular weight is 487 g/mol. The summed E-state index contributed by atoms with van der Waals surface area (Å²) in [6.45, 7) is 4.74. The normalized spacial score (nSPS) is 18.9. The Hall–Kier alpha value is -1.62. The van der Waals surface area contributed by atoms with E-state index in [0.29, 0.717) is 11.4 Å². The zero-order valence-corrected chi connectivity index (χ0v) is 18.6. The van der Waals surface area contributed by atoms with Crippen LogP contribution in [0.3, 0.4) is 0 Å². The van der Waals surface area contributed by atoms with Gasteiger partial charge in [-0.15, -0.1) is 28.3 Å². The summed E-state index contributed by atoms with van der Waals surface area (Å²) in [6.07, 6.45) is 0.622. The second-order valence-electron chi connectivity index (χ2n) is 6.64. The summed E-state index contributed by atoms with van der Waals surface area (Å²) in [5.41, 5.74) is 1.24. The maximum atomic E-state index is 12.6. The minimum Gasteiger partial charge on any atom is -0.369 e. The lowest BCUT2D eigenvalue weighted by molar-refractivity contribution is 0.225. The number of amides is 2. The van der Waals surface area contributed by atoms with E-state index in [9.17, 15) is 13.2 Å². The molecule has 2 aliphatic heterocycles. The zero-order valence-electron chi connectivity index (χ0n) is 15.3. The Morgan fingerprint density at radius 3 is 2.43 bits per heavy atom. The minimum atomic E-state index is -3.73. The molecule has 1 saturated heterocycles. The van der Waals surface area contributed by atoms with Gasteiger partial charge < -0.3 is 4.90 Å². The molecule has 2 aliphatic rings. The Labute approximate surface area is 179 Å². The highest BCUT2D eigenvalue weighted by Crippen LogP contribution is 2.34. The number of anilines is 2. The van der Waals surface area contributed by atoms with Crippen LogP contribution in [0.15, 0.2) is 46.7 Å². The Morgan fingerprint density at radius 1 is 1.00 bits per heavy atom. The Bertz CT molecular complexity index is 912. The number of urea groups is 1. The van der Waals surface area contributed by atoms with E-state index in [1.54, 1.807) is 11.4 Å². The smallest absolute Gasteiger partial charge is 0.336 e. The molecule has 2 amide bonds. The molecule has 1 aromatic heterocycles. The predicted molar refractivity (Wildman–Crippen MR) is 117 cm³/mol. The summed E-state index contributed by atoms with van der Waals surface area (Å²) in [4.78, 5) is 17.1. The fourth-order valence-corrected chi connectivity index (χ4v) is 6.12. The van der Waals surface area contributed by atoms with E-state index in [-0.39, 0.29) is 28.4 Å². The van der Waals surface area contributed by atoms with Gasteiger partial charge in [-0.3, -0.25) is 10.2 Å². The molecule has 0 spiro atoms. The molecule has 0 unspecified atom stereocenters. The number of rotatable bonds is 5. The first kappa shape index (κ1) is 21.1. The van der Waals surface area contributed by atoms with Crippen molar-refractivity contribution in [3.8, 4) is 0 Å². The largest absolute Gasteiger partial charge is 0.369 e. The molecule has 3 heterocycles. The lowest BCUT2D eigenvalue weighted by Crippen LogP contribution is -2.48. The zero-order chi connectivity index (χ0) is 18.9. The number of carbonyl (C=O) groups excluding carboxylic acids is 1. The molecule has 0 bridgehead atoms. The maximum absolute atomic E-state index is 12.6. The van der Waals surface area contributed by atoms with Gasteiger partial charge in [0.1, 0.15) is 9.90 Å². The number of carbonyl (C=O) groups is 1. The number of nitrogens with one attached hydrogen (secondary N) is 1. The van der Waals surface area contributed by atoms with E-state index < -0.39 is 16.1 Å². The number of fused-ring (bicyclic) bond motifs is 1. The summed E-state index contributed by atoms with van der Waals surface area (Å²) in [6, 6.07) is 11.3. The number of nitrogens with zero attached hydrogens (tertiary/aromatic N) is 3. The lowest BCUT2D eigenvalue weighted by atomic mass is 10.2. The van der Waals surface area contributed by atoms with Gasteiger partial charge in [0.05, 0.1) is 0 Å². The van der Waals surface area contributed by atoms with Crippen LogP contribution < -0.4 is 10.2 Å². The van der Waals surface area contributed by atoms with Gasteiger partial charge in [-0.2, -0.15) is 0 Å². The molecule has 28 heavy (non-hydrogen) atoms. The molecule has 4 rings (SSSR count). The van der Waals surface area contributed by atoms with Crippen LogP contribution in [0.1, 0.15) is 6.42 Å². The molecule has 10 heteroatoms. The van der Waals surface area contributed by atoms with E-state index in [1.165, 1.54) is 17.0 Å². The summed E-state index contributed by atoms with van der Waals surface area (Å²) < 4.78 is 26.2. The fourth-order valence-electron chi connectivity index (χ4n) is 3.51. The van der Waals surface area contributed by atoms with Gasteiger partial charge in [0.2, 0.25) is 0 Å². The van der Waals surface area contributed by atoms with Crippen molar-refractivity contribution in [2.24, 2.45) is 0 Å². The molecule has 0 atom stereocenters. The van der Waals surface area contributed by atoms with E-state index in [4.69, 9.17) is 0 Å². The summed E-state index contributed by atoms with van der Waals surface area (Å²) >= 11 is 1.23. The number of para-hydroxylation sites is 1. The second kappa shape index (κ2) is 8.81. The molecule has 1 aromatic carbocycles. The number of halogens is 1. The summed E-state index contributed by atoms with van der Waals surface area (Å²) in [7, 11) is -3.73.